The van der Waals surface area contributed by atoms with Gasteiger partial charge in [0.05, 0.1) is 22.3 Å². The van der Waals surface area contributed by atoms with E-state index >= 15 is 0 Å². The van der Waals surface area contributed by atoms with Crippen molar-refractivity contribution in [2.24, 2.45) is 0 Å². The van der Waals surface area contributed by atoms with E-state index in [0.717, 1.165) is 29.0 Å². The van der Waals surface area contributed by atoms with Crippen LogP contribution in [-0.2, 0) is 29.8 Å². The number of nitrogens with zero attached hydrogens (tertiary/aromatic N) is 2. The van der Waals surface area contributed by atoms with Crippen molar-refractivity contribution in [1.29, 1.82) is 0 Å². The summed E-state index contributed by atoms with van der Waals surface area (Å²) >= 11 is 1.60. The predicted octanol–water partition coefficient (Wildman–Crippen LogP) is 4.23. The van der Waals surface area contributed by atoms with Crippen LogP contribution in [0.15, 0.2) is 48.5 Å². The van der Waals surface area contributed by atoms with E-state index < -0.39 is 11.7 Å². The predicted molar refractivity (Wildman–Crippen MR) is 100 cm³/mol. The van der Waals surface area contributed by atoms with E-state index in [1.54, 1.807) is 17.8 Å². The van der Waals surface area contributed by atoms with E-state index in [1.165, 1.54) is 6.07 Å². The molecule has 0 atom stereocenters. The lowest BCUT2D eigenvalue weighted by Gasteiger charge is -2.11. The Kier molecular flexibility index (Phi) is 5.74. The van der Waals surface area contributed by atoms with Gasteiger partial charge in [0, 0.05) is 6.54 Å². The van der Waals surface area contributed by atoms with Crippen molar-refractivity contribution in [3.8, 4) is 0 Å². The minimum Gasteiger partial charge on any atom is -0.350 e. The Bertz CT molecular complexity index is 953. The van der Waals surface area contributed by atoms with E-state index in [9.17, 15) is 18.0 Å². The number of benzene rings is 2. The lowest BCUT2D eigenvalue weighted by atomic mass is 10.1. The molecule has 0 bridgehead atoms. The third-order valence-corrected chi connectivity index (χ3v) is 4.60. The van der Waals surface area contributed by atoms with E-state index in [0.29, 0.717) is 11.3 Å². The van der Waals surface area contributed by atoms with Gasteiger partial charge in [-0.3, -0.25) is 4.79 Å². The van der Waals surface area contributed by atoms with Crippen molar-refractivity contribution < 1.29 is 18.0 Å². The molecular formula is C19H18F3N3OS. The normalized spacial score (nSPS) is 11.7. The average Bonchev–Trinajstić information content (AvgIpc) is 2.97. The van der Waals surface area contributed by atoms with Crippen molar-refractivity contribution in [3.05, 3.63) is 65.5 Å². The molecule has 2 aromatic carbocycles. The minimum atomic E-state index is -4.40. The monoisotopic (exact) mass is 393 g/mol. The van der Waals surface area contributed by atoms with Gasteiger partial charge in [0.2, 0.25) is 5.91 Å². The average molecular weight is 393 g/mol. The van der Waals surface area contributed by atoms with E-state index in [-0.39, 0.29) is 19.0 Å². The van der Waals surface area contributed by atoms with Crippen LogP contribution in [-0.4, -0.2) is 21.7 Å². The van der Waals surface area contributed by atoms with Crippen molar-refractivity contribution in [2.75, 3.05) is 6.26 Å². The molecule has 3 aromatic rings. The zero-order valence-corrected chi connectivity index (χ0v) is 15.4. The molecule has 0 aliphatic heterocycles. The van der Waals surface area contributed by atoms with Gasteiger partial charge in [0.15, 0.2) is 0 Å². The van der Waals surface area contributed by atoms with Gasteiger partial charge in [-0.25, -0.2) is 4.98 Å². The van der Waals surface area contributed by atoms with Crippen LogP contribution in [0.5, 0.6) is 0 Å². The van der Waals surface area contributed by atoms with Crippen molar-refractivity contribution >= 4 is 28.7 Å². The fraction of sp³-hybridized carbons (Fsp3) is 0.263. The lowest BCUT2D eigenvalue weighted by molar-refractivity contribution is -0.137. The lowest BCUT2D eigenvalue weighted by Crippen LogP contribution is -2.27. The van der Waals surface area contributed by atoms with Gasteiger partial charge in [-0.1, -0.05) is 24.3 Å². The number of thioether (sulfide) groups is 1. The molecule has 0 aliphatic rings. The van der Waals surface area contributed by atoms with Crippen LogP contribution in [0.25, 0.3) is 11.0 Å². The first-order chi connectivity index (χ1) is 12.9. The van der Waals surface area contributed by atoms with Gasteiger partial charge in [-0.05, 0) is 36.1 Å². The first-order valence-electron chi connectivity index (χ1n) is 8.24. The first kappa shape index (κ1) is 19.3. The smallest absolute Gasteiger partial charge is 0.350 e. The molecule has 0 aliphatic carbocycles. The summed E-state index contributed by atoms with van der Waals surface area (Å²) in [5, 5.41) is 2.69. The molecule has 0 radical (unpaired) electrons. The Hall–Kier alpha value is -2.48. The molecule has 0 saturated heterocycles. The highest BCUT2D eigenvalue weighted by Crippen LogP contribution is 2.29. The maximum atomic E-state index is 12.8. The molecule has 1 amide bonds. The zero-order valence-electron chi connectivity index (χ0n) is 14.6. The summed E-state index contributed by atoms with van der Waals surface area (Å²) < 4.78 is 40.2. The second-order valence-electron chi connectivity index (χ2n) is 6.01. The first-order valence-corrected chi connectivity index (χ1v) is 9.64. The molecule has 0 saturated carbocycles. The highest BCUT2D eigenvalue weighted by atomic mass is 32.2. The Labute approximate surface area is 158 Å². The summed E-state index contributed by atoms with van der Waals surface area (Å²) in [6.45, 7) is 0.0998. The Morgan fingerprint density at radius 3 is 2.70 bits per heavy atom. The number of hydrogen-bond acceptors (Lipinski definition) is 3. The van der Waals surface area contributed by atoms with Crippen LogP contribution >= 0.6 is 11.8 Å². The second kappa shape index (κ2) is 8.04. The van der Waals surface area contributed by atoms with E-state index in [2.05, 4.69) is 10.3 Å². The fourth-order valence-corrected chi connectivity index (χ4v) is 3.28. The SMILES string of the molecule is CSCc1nc2ccccc2n1CC(=O)NCc1cccc(C(F)(F)F)c1. The Morgan fingerprint density at radius 2 is 1.96 bits per heavy atom. The van der Waals surface area contributed by atoms with Crippen LogP contribution in [0.1, 0.15) is 17.0 Å². The third-order valence-electron chi connectivity index (χ3n) is 4.05. The number of nitrogens with one attached hydrogen (secondary N) is 1. The van der Waals surface area contributed by atoms with Crippen LogP contribution in [0.3, 0.4) is 0 Å². The number of carbonyl (C=O) groups excluding carboxylic acids is 1. The molecule has 1 heterocycles. The summed E-state index contributed by atoms with van der Waals surface area (Å²) in [4.78, 5) is 16.9. The van der Waals surface area contributed by atoms with Gasteiger partial charge in [-0.2, -0.15) is 24.9 Å². The number of amides is 1. The number of carbonyl (C=O) groups is 1. The highest BCUT2D eigenvalue weighted by molar-refractivity contribution is 7.97. The Balaban J connectivity index is 1.72. The molecule has 4 nitrogen and oxygen atoms in total. The van der Waals surface area contributed by atoms with E-state index in [4.69, 9.17) is 0 Å². The molecule has 0 fully saturated rings. The van der Waals surface area contributed by atoms with Crippen LogP contribution in [0, 0.1) is 0 Å². The largest absolute Gasteiger partial charge is 0.416 e. The van der Waals surface area contributed by atoms with Gasteiger partial charge in [0.1, 0.15) is 12.4 Å². The number of aromatic nitrogens is 2. The maximum Gasteiger partial charge on any atom is 0.416 e. The third kappa shape index (κ3) is 4.63. The molecule has 1 aromatic heterocycles. The van der Waals surface area contributed by atoms with Gasteiger partial charge in [-0.15, -0.1) is 0 Å². The second-order valence-corrected chi connectivity index (χ2v) is 6.88. The zero-order chi connectivity index (χ0) is 19.4. The quantitative estimate of drug-likeness (QED) is 0.682. The number of para-hydroxylation sites is 2. The number of imidazole rings is 1. The molecule has 142 valence electrons. The number of hydrogen-bond donors (Lipinski definition) is 1. The number of fused-ring (bicyclic) bond motifs is 1. The number of halogens is 3. The fourth-order valence-electron chi connectivity index (χ4n) is 2.80. The molecule has 0 unspecified atom stereocenters. The highest BCUT2D eigenvalue weighted by Gasteiger charge is 2.30. The van der Waals surface area contributed by atoms with Crippen molar-refractivity contribution in [3.63, 3.8) is 0 Å². The molecule has 3 rings (SSSR count). The van der Waals surface area contributed by atoms with Gasteiger partial charge in [0.25, 0.3) is 0 Å². The topological polar surface area (TPSA) is 46.9 Å². The molecule has 1 N–H and O–H groups in total. The summed E-state index contributed by atoms with van der Waals surface area (Å²) in [6, 6.07) is 12.5. The summed E-state index contributed by atoms with van der Waals surface area (Å²) in [5.74, 6) is 1.17. The molecule has 0 spiro atoms. The number of rotatable bonds is 6. The molecular weight excluding hydrogens is 375 g/mol. The summed E-state index contributed by atoms with van der Waals surface area (Å²) in [7, 11) is 0. The summed E-state index contributed by atoms with van der Waals surface area (Å²) in [5.41, 5.74) is 1.35. The van der Waals surface area contributed by atoms with Crippen LogP contribution < -0.4 is 5.32 Å². The van der Waals surface area contributed by atoms with Crippen molar-refractivity contribution in [1.82, 2.24) is 14.9 Å². The van der Waals surface area contributed by atoms with Crippen LogP contribution in [0.4, 0.5) is 13.2 Å². The molecule has 8 heteroatoms. The Morgan fingerprint density at radius 1 is 1.19 bits per heavy atom. The van der Waals surface area contributed by atoms with Crippen LogP contribution in [0.2, 0.25) is 0 Å². The standard InChI is InChI=1S/C19H18F3N3OS/c1-27-12-17-24-15-7-2-3-8-16(15)25(17)11-18(26)23-10-13-5-4-6-14(9-13)19(20,21)22/h2-9H,10-12H2,1H3,(H,23,26). The number of alkyl halides is 3. The van der Waals surface area contributed by atoms with Crippen molar-refractivity contribution in [2.45, 2.75) is 25.0 Å². The molecule has 27 heavy (non-hydrogen) atoms. The minimum absolute atomic E-state index is 0.0350. The summed E-state index contributed by atoms with van der Waals surface area (Å²) in [6.07, 6.45) is -2.44. The maximum absolute atomic E-state index is 12.8. The van der Waals surface area contributed by atoms with E-state index in [1.807, 2.05) is 35.1 Å². The van der Waals surface area contributed by atoms with Gasteiger partial charge >= 0.3 is 6.18 Å². The van der Waals surface area contributed by atoms with Gasteiger partial charge < -0.3 is 9.88 Å².